The summed E-state index contributed by atoms with van der Waals surface area (Å²) in [4.78, 5) is 12.8. The number of furan rings is 1. The third-order valence-corrected chi connectivity index (χ3v) is 4.92. The van der Waals surface area contributed by atoms with Crippen LogP contribution in [-0.2, 0) is 5.60 Å². The molecule has 6 heteroatoms. The number of thiophene rings is 2. The average molecular weight is 319 g/mol. The molecule has 4 nitrogen and oxygen atoms in total. The third kappa shape index (κ3) is 2.78. The van der Waals surface area contributed by atoms with E-state index in [0.717, 1.165) is 4.88 Å². The Kier molecular flexibility index (Phi) is 3.92. The molecule has 3 heterocycles. The van der Waals surface area contributed by atoms with Gasteiger partial charge in [-0.15, -0.1) is 11.3 Å². The maximum atomic E-state index is 12.1. The summed E-state index contributed by atoms with van der Waals surface area (Å²) >= 11 is 2.90. The lowest BCUT2D eigenvalue weighted by atomic mass is 9.94. The molecule has 21 heavy (non-hydrogen) atoms. The van der Waals surface area contributed by atoms with Gasteiger partial charge in [-0.3, -0.25) is 4.79 Å². The molecule has 0 saturated heterocycles. The predicted molar refractivity (Wildman–Crippen MR) is 82.7 cm³/mol. The Hall–Kier alpha value is -1.89. The first-order valence-electron chi connectivity index (χ1n) is 6.29. The van der Waals surface area contributed by atoms with Crippen molar-refractivity contribution in [3.05, 3.63) is 68.9 Å². The Morgan fingerprint density at radius 1 is 1.33 bits per heavy atom. The number of amides is 1. The van der Waals surface area contributed by atoms with Crippen LogP contribution in [0.2, 0.25) is 0 Å². The van der Waals surface area contributed by atoms with Gasteiger partial charge in [-0.2, -0.15) is 11.3 Å². The molecule has 0 unspecified atom stereocenters. The van der Waals surface area contributed by atoms with Crippen molar-refractivity contribution < 1.29 is 14.3 Å². The highest BCUT2D eigenvalue weighted by Gasteiger charge is 2.34. The van der Waals surface area contributed by atoms with Gasteiger partial charge in [0.25, 0.3) is 5.91 Å². The predicted octanol–water partition coefficient (Wildman–Crippen LogP) is 3.07. The summed E-state index contributed by atoms with van der Waals surface area (Å²) < 4.78 is 5.07. The van der Waals surface area contributed by atoms with E-state index in [1.807, 2.05) is 22.9 Å². The van der Waals surface area contributed by atoms with Gasteiger partial charge in [0.2, 0.25) is 0 Å². The van der Waals surface area contributed by atoms with Gasteiger partial charge in [0.1, 0.15) is 5.60 Å². The van der Waals surface area contributed by atoms with Gasteiger partial charge >= 0.3 is 0 Å². The Morgan fingerprint density at radius 2 is 2.24 bits per heavy atom. The number of hydrogen-bond acceptors (Lipinski definition) is 5. The molecule has 108 valence electrons. The molecule has 0 aliphatic heterocycles. The first-order chi connectivity index (χ1) is 10.2. The van der Waals surface area contributed by atoms with E-state index >= 15 is 0 Å². The Labute approximate surface area is 129 Å². The monoisotopic (exact) mass is 319 g/mol. The number of aliphatic hydroxyl groups is 1. The van der Waals surface area contributed by atoms with E-state index < -0.39 is 5.60 Å². The van der Waals surface area contributed by atoms with Gasteiger partial charge in [-0.1, -0.05) is 6.07 Å². The number of carbonyl (C=O) groups is 1. The first-order valence-corrected chi connectivity index (χ1v) is 8.12. The van der Waals surface area contributed by atoms with Crippen molar-refractivity contribution in [1.29, 1.82) is 0 Å². The molecule has 0 bridgehead atoms. The lowest BCUT2D eigenvalue weighted by Gasteiger charge is -2.26. The summed E-state index contributed by atoms with van der Waals surface area (Å²) in [6, 6.07) is 7.17. The van der Waals surface area contributed by atoms with Crippen molar-refractivity contribution in [3.63, 3.8) is 0 Å². The highest BCUT2D eigenvalue weighted by Crippen LogP contribution is 2.32. The smallest absolute Gasteiger partial charge is 0.252 e. The highest BCUT2D eigenvalue weighted by molar-refractivity contribution is 7.10. The maximum Gasteiger partial charge on any atom is 0.252 e. The molecule has 0 saturated carbocycles. The third-order valence-electron chi connectivity index (χ3n) is 3.22. The minimum atomic E-state index is -1.28. The normalized spacial score (nSPS) is 13.8. The summed E-state index contributed by atoms with van der Waals surface area (Å²) in [7, 11) is 0. The second-order valence-electron chi connectivity index (χ2n) is 4.54. The first kappa shape index (κ1) is 14.1. The second kappa shape index (κ2) is 5.85. The molecule has 0 aliphatic rings. The molecule has 2 N–H and O–H groups in total. The quantitative estimate of drug-likeness (QED) is 0.760. The van der Waals surface area contributed by atoms with Gasteiger partial charge < -0.3 is 14.8 Å². The summed E-state index contributed by atoms with van der Waals surface area (Å²) in [6.07, 6.45) is 3.01. The number of hydrogen-bond donors (Lipinski definition) is 2. The van der Waals surface area contributed by atoms with E-state index in [0.29, 0.717) is 11.1 Å². The Bertz CT molecular complexity index is 653. The van der Waals surface area contributed by atoms with Crippen LogP contribution in [0.1, 0.15) is 20.8 Å². The van der Waals surface area contributed by atoms with E-state index in [-0.39, 0.29) is 12.5 Å². The fourth-order valence-electron chi connectivity index (χ4n) is 2.05. The zero-order chi connectivity index (χ0) is 14.7. The SMILES string of the molecule is O=C(NC[C@@](O)(c1ccoc1)c1cccs1)c1ccsc1. The maximum absolute atomic E-state index is 12.1. The van der Waals surface area contributed by atoms with Crippen molar-refractivity contribution in [2.45, 2.75) is 5.60 Å². The Morgan fingerprint density at radius 3 is 2.86 bits per heavy atom. The summed E-state index contributed by atoms with van der Waals surface area (Å²) in [6.45, 7) is 0.0850. The minimum Gasteiger partial charge on any atom is -0.472 e. The second-order valence-corrected chi connectivity index (χ2v) is 6.27. The largest absolute Gasteiger partial charge is 0.472 e. The van der Waals surface area contributed by atoms with Crippen LogP contribution in [0.3, 0.4) is 0 Å². The summed E-state index contributed by atoms with van der Waals surface area (Å²) in [5, 5.41) is 19.3. The van der Waals surface area contributed by atoms with Gasteiger partial charge in [0, 0.05) is 21.4 Å². The van der Waals surface area contributed by atoms with Crippen LogP contribution in [0.25, 0.3) is 0 Å². The molecule has 1 amide bonds. The lowest BCUT2D eigenvalue weighted by Crippen LogP contribution is -2.40. The van der Waals surface area contributed by atoms with Crippen molar-refractivity contribution in [2.75, 3.05) is 6.54 Å². The fourth-order valence-corrected chi connectivity index (χ4v) is 3.53. The van der Waals surface area contributed by atoms with Crippen LogP contribution in [0.5, 0.6) is 0 Å². The minimum absolute atomic E-state index is 0.0850. The number of rotatable bonds is 5. The topological polar surface area (TPSA) is 62.5 Å². The van der Waals surface area contributed by atoms with E-state index in [1.54, 1.807) is 17.5 Å². The Balaban J connectivity index is 1.83. The van der Waals surface area contributed by atoms with Gasteiger partial charge in [0.15, 0.2) is 0 Å². The number of nitrogens with one attached hydrogen (secondary N) is 1. The summed E-state index contributed by atoms with van der Waals surface area (Å²) in [5.41, 5.74) is -0.0661. The van der Waals surface area contributed by atoms with Crippen molar-refractivity contribution >= 4 is 28.6 Å². The molecule has 0 radical (unpaired) electrons. The van der Waals surface area contributed by atoms with E-state index in [9.17, 15) is 9.90 Å². The van der Waals surface area contributed by atoms with E-state index in [1.165, 1.54) is 35.2 Å². The van der Waals surface area contributed by atoms with Crippen LogP contribution in [0.15, 0.2) is 57.3 Å². The van der Waals surface area contributed by atoms with Gasteiger partial charge in [0.05, 0.1) is 19.1 Å². The van der Waals surface area contributed by atoms with Crippen LogP contribution >= 0.6 is 22.7 Å². The van der Waals surface area contributed by atoms with Gasteiger partial charge in [-0.25, -0.2) is 0 Å². The molecule has 3 aromatic rings. The summed E-state index contributed by atoms with van der Waals surface area (Å²) in [5.74, 6) is -0.199. The van der Waals surface area contributed by atoms with Crippen molar-refractivity contribution in [3.8, 4) is 0 Å². The molecular formula is C15H13NO3S2. The average Bonchev–Trinajstić information content (AvgIpc) is 3.27. The van der Waals surface area contributed by atoms with E-state index in [2.05, 4.69) is 5.32 Å². The van der Waals surface area contributed by atoms with Gasteiger partial charge in [-0.05, 0) is 29.0 Å². The fraction of sp³-hybridized carbons (Fsp3) is 0.133. The molecule has 0 spiro atoms. The van der Waals surface area contributed by atoms with Crippen LogP contribution in [0.4, 0.5) is 0 Å². The molecule has 0 aromatic carbocycles. The molecule has 1 atom stereocenters. The zero-order valence-corrected chi connectivity index (χ0v) is 12.6. The molecular weight excluding hydrogens is 306 g/mol. The molecule has 0 aliphatic carbocycles. The van der Waals surface area contributed by atoms with Crippen LogP contribution in [0, 0.1) is 0 Å². The lowest BCUT2D eigenvalue weighted by molar-refractivity contribution is 0.0714. The zero-order valence-electron chi connectivity index (χ0n) is 11.0. The van der Waals surface area contributed by atoms with Crippen molar-refractivity contribution in [2.24, 2.45) is 0 Å². The molecule has 0 fully saturated rings. The van der Waals surface area contributed by atoms with Crippen LogP contribution in [-0.4, -0.2) is 17.6 Å². The van der Waals surface area contributed by atoms with E-state index in [4.69, 9.17) is 4.42 Å². The van der Waals surface area contributed by atoms with Crippen LogP contribution < -0.4 is 5.32 Å². The molecule has 3 rings (SSSR count). The molecule has 3 aromatic heterocycles. The standard InChI is InChI=1S/C15H13NO3S2/c17-14(11-4-7-20-9-11)16-10-15(18,12-3-5-19-8-12)13-2-1-6-21-13/h1-9,18H,10H2,(H,16,17)/t15-/m1/s1. The number of carbonyl (C=O) groups excluding carboxylic acids is 1. The highest BCUT2D eigenvalue weighted by atomic mass is 32.1. The van der Waals surface area contributed by atoms with Crippen molar-refractivity contribution in [1.82, 2.24) is 5.32 Å².